The highest BCUT2D eigenvalue weighted by Gasteiger charge is 2.20. The maximum Gasteiger partial charge on any atom is 0.215 e. The van der Waals surface area contributed by atoms with Crippen LogP contribution in [0.4, 0.5) is 0 Å². The number of hydrogen-bond acceptors (Lipinski definition) is 4. The fourth-order valence-corrected chi connectivity index (χ4v) is 1.35. The summed E-state index contributed by atoms with van der Waals surface area (Å²) in [6.45, 7) is 7.36. The Morgan fingerprint density at radius 1 is 1.38 bits per heavy atom. The molecule has 0 amide bonds. The molecule has 0 heterocycles. The van der Waals surface area contributed by atoms with Gasteiger partial charge in [-0.2, -0.15) is 0 Å². The monoisotopic (exact) mass is 277 g/mol. The number of aliphatic hydroxyl groups excluding tert-OH is 1. The van der Waals surface area contributed by atoms with E-state index in [4.69, 9.17) is 34.2 Å². The van der Waals surface area contributed by atoms with Crippen molar-refractivity contribution in [3.05, 3.63) is 0 Å². The van der Waals surface area contributed by atoms with Gasteiger partial charge in [0.1, 0.15) is 5.38 Å². The van der Waals surface area contributed by atoms with Crippen LogP contribution >= 0.6 is 11.6 Å². The van der Waals surface area contributed by atoms with Crippen LogP contribution in [0.15, 0.2) is 0 Å². The minimum absolute atomic E-state index is 0.0788. The fraction of sp³-hybridized carbons (Fsp3) is 1.00. The quantitative estimate of drug-likeness (QED) is 0.321. The molecule has 1 unspecified atom stereocenters. The third-order valence-corrected chi connectivity index (χ3v) is 2.64. The summed E-state index contributed by atoms with van der Waals surface area (Å²) in [6, 6.07) is 0. The SMILES string of the molecule is CC[N+](C)(CC)CC(Cl)CO.O=S(=O)([O-])O. The summed E-state index contributed by atoms with van der Waals surface area (Å²) in [6.07, 6.45) is 0. The summed E-state index contributed by atoms with van der Waals surface area (Å²) in [5.41, 5.74) is 0. The molecule has 0 aromatic heterocycles. The van der Waals surface area contributed by atoms with E-state index in [1.807, 2.05) is 0 Å². The first kappa shape index (κ1) is 18.4. The van der Waals surface area contributed by atoms with Gasteiger partial charge in [0.2, 0.25) is 10.4 Å². The van der Waals surface area contributed by atoms with Gasteiger partial charge in [0.15, 0.2) is 0 Å². The van der Waals surface area contributed by atoms with Crippen molar-refractivity contribution in [3.63, 3.8) is 0 Å². The fourth-order valence-electron chi connectivity index (χ4n) is 1.02. The Hall–Kier alpha value is 0.0800. The van der Waals surface area contributed by atoms with Crippen molar-refractivity contribution in [3.8, 4) is 0 Å². The Morgan fingerprint density at radius 2 is 1.69 bits per heavy atom. The third-order valence-electron chi connectivity index (χ3n) is 2.36. The van der Waals surface area contributed by atoms with Gasteiger partial charge in [-0.05, 0) is 13.8 Å². The topological polar surface area (TPSA) is 97.7 Å². The van der Waals surface area contributed by atoms with Crippen molar-refractivity contribution >= 4 is 22.0 Å². The standard InChI is InChI=1S/C8H19ClNO.H2O4S/c1-4-10(3,5-2)6-8(9)7-11;1-5(2,3)4/h8,11H,4-7H2,1-3H3;(H2,1,2,3,4)/q+1;/p-1. The molecule has 6 nitrogen and oxygen atoms in total. The second kappa shape index (κ2) is 8.21. The van der Waals surface area contributed by atoms with Gasteiger partial charge in [0.25, 0.3) is 0 Å². The van der Waals surface area contributed by atoms with Crippen LogP contribution < -0.4 is 0 Å². The second-order valence-electron chi connectivity index (χ2n) is 3.64. The lowest BCUT2D eigenvalue weighted by molar-refractivity contribution is -0.905. The maximum absolute atomic E-state index is 8.75. The normalized spacial score (nSPS) is 13.9. The third kappa shape index (κ3) is 14.1. The predicted molar refractivity (Wildman–Crippen MR) is 61.2 cm³/mol. The van der Waals surface area contributed by atoms with Gasteiger partial charge in [-0.3, -0.25) is 4.55 Å². The summed E-state index contributed by atoms with van der Waals surface area (Å²) < 4.78 is 33.8. The zero-order chi connectivity index (χ0) is 13.4. The van der Waals surface area contributed by atoms with Gasteiger partial charge in [0, 0.05) is 0 Å². The van der Waals surface area contributed by atoms with E-state index < -0.39 is 10.4 Å². The molecule has 0 fully saturated rings. The number of nitrogens with zero attached hydrogens (tertiary/aromatic N) is 1. The Morgan fingerprint density at radius 3 is 1.88 bits per heavy atom. The summed E-state index contributed by atoms with van der Waals surface area (Å²) in [5.74, 6) is 0. The van der Waals surface area contributed by atoms with E-state index in [-0.39, 0.29) is 12.0 Å². The van der Waals surface area contributed by atoms with Crippen molar-refractivity contribution in [1.82, 2.24) is 0 Å². The Labute approximate surface area is 102 Å². The molecule has 0 saturated heterocycles. The predicted octanol–water partition coefficient (Wildman–Crippen LogP) is 0.0771. The zero-order valence-electron chi connectivity index (χ0n) is 9.76. The minimum Gasteiger partial charge on any atom is -0.726 e. The Bertz CT molecular complexity index is 258. The van der Waals surface area contributed by atoms with Crippen LogP contribution in [0.25, 0.3) is 0 Å². The molecule has 0 bridgehead atoms. The van der Waals surface area contributed by atoms with Crippen LogP contribution in [-0.4, -0.2) is 65.8 Å². The molecular formula is C8H20ClNO5S. The number of quaternary nitrogens is 1. The summed E-state index contributed by atoms with van der Waals surface area (Å²) in [5, 5.41) is 8.65. The first-order valence-corrected chi connectivity index (χ1v) is 6.65. The smallest absolute Gasteiger partial charge is 0.215 e. The molecule has 8 heteroatoms. The lowest BCUT2D eigenvalue weighted by Crippen LogP contribution is -2.48. The van der Waals surface area contributed by atoms with Crippen molar-refractivity contribution < 1.29 is 27.1 Å². The molecule has 0 aliphatic rings. The molecule has 0 rings (SSSR count). The minimum atomic E-state index is -4.92. The van der Waals surface area contributed by atoms with Gasteiger partial charge in [-0.25, -0.2) is 8.42 Å². The largest absolute Gasteiger partial charge is 0.726 e. The van der Waals surface area contributed by atoms with Crippen molar-refractivity contribution in [2.75, 3.05) is 33.3 Å². The molecular weight excluding hydrogens is 258 g/mol. The number of hydrogen-bond donors (Lipinski definition) is 2. The molecule has 0 spiro atoms. The van der Waals surface area contributed by atoms with Crippen molar-refractivity contribution in [2.45, 2.75) is 19.2 Å². The molecule has 0 aliphatic carbocycles. The zero-order valence-corrected chi connectivity index (χ0v) is 11.3. The molecule has 0 saturated carbocycles. The van der Waals surface area contributed by atoms with E-state index in [0.717, 1.165) is 24.1 Å². The molecule has 2 N–H and O–H groups in total. The molecule has 1 atom stereocenters. The van der Waals surface area contributed by atoms with Crippen LogP contribution in [0.3, 0.4) is 0 Å². The average Bonchev–Trinajstić information content (AvgIpc) is 2.15. The van der Waals surface area contributed by atoms with E-state index in [0.29, 0.717) is 0 Å². The lowest BCUT2D eigenvalue weighted by atomic mass is 10.3. The molecule has 16 heavy (non-hydrogen) atoms. The van der Waals surface area contributed by atoms with Gasteiger partial charge in [-0.1, -0.05) is 0 Å². The molecule has 100 valence electrons. The summed E-state index contributed by atoms with van der Waals surface area (Å²) in [4.78, 5) is 0. The van der Waals surface area contributed by atoms with E-state index in [9.17, 15) is 0 Å². The lowest BCUT2D eigenvalue weighted by Gasteiger charge is -2.33. The number of alkyl halides is 1. The Kier molecular flexibility index (Phi) is 9.47. The van der Waals surface area contributed by atoms with Crippen LogP contribution in [0.2, 0.25) is 0 Å². The Balaban J connectivity index is 0. The van der Waals surface area contributed by atoms with Crippen LogP contribution in [-0.2, 0) is 10.4 Å². The maximum atomic E-state index is 8.75. The van der Waals surface area contributed by atoms with Crippen molar-refractivity contribution in [1.29, 1.82) is 0 Å². The second-order valence-corrected chi connectivity index (χ2v) is 5.11. The molecule has 0 radical (unpaired) electrons. The van der Waals surface area contributed by atoms with Crippen LogP contribution in [0.1, 0.15) is 13.8 Å². The first-order valence-electron chi connectivity index (χ1n) is 4.84. The van der Waals surface area contributed by atoms with Gasteiger partial charge >= 0.3 is 0 Å². The molecule has 0 aromatic carbocycles. The highest BCUT2D eigenvalue weighted by atomic mass is 35.5. The number of halogens is 1. The first-order chi connectivity index (χ1) is 7.08. The van der Waals surface area contributed by atoms with E-state index in [2.05, 4.69) is 20.9 Å². The van der Waals surface area contributed by atoms with Crippen molar-refractivity contribution in [2.24, 2.45) is 0 Å². The van der Waals surface area contributed by atoms with Gasteiger partial charge in [-0.15, -0.1) is 11.6 Å². The average molecular weight is 278 g/mol. The highest BCUT2D eigenvalue weighted by molar-refractivity contribution is 7.79. The van der Waals surface area contributed by atoms with E-state index >= 15 is 0 Å². The van der Waals surface area contributed by atoms with E-state index in [1.165, 1.54) is 0 Å². The number of rotatable bonds is 5. The van der Waals surface area contributed by atoms with E-state index in [1.54, 1.807) is 0 Å². The van der Waals surface area contributed by atoms with Crippen LogP contribution in [0.5, 0.6) is 0 Å². The van der Waals surface area contributed by atoms with Crippen LogP contribution in [0, 0.1) is 0 Å². The number of aliphatic hydroxyl groups is 1. The summed E-state index contributed by atoms with van der Waals surface area (Å²) >= 11 is 5.84. The van der Waals surface area contributed by atoms with Gasteiger partial charge < -0.3 is 14.1 Å². The molecule has 0 aliphatic heterocycles. The highest BCUT2D eigenvalue weighted by Crippen LogP contribution is 2.06. The van der Waals surface area contributed by atoms with Gasteiger partial charge in [0.05, 0.1) is 33.3 Å². The molecule has 0 aromatic rings. The summed E-state index contributed by atoms with van der Waals surface area (Å²) in [7, 11) is -2.76.